The largest absolute Gasteiger partial charge is 0.353 e. The monoisotopic (exact) mass is 438 g/mol. The van der Waals surface area contributed by atoms with Gasteiger partial charge in [-0.05, 0) is 23.6 Å². The molecule has 4 rings (SSSR count). The molecule has 0 atom stereocenters. The number of nitrogens with zero attached hydrogens (tertiary/aromatic N) is 3. The van der Waals surface area contributed by atoms with E-state index >= 15 is 0 Å². The van der Waals surface area contributed by atoms with Crippen LogP contribution < -0.4 is 10.2 Å². The molecule has 0 radical (unpaired) electrons. The van der Waals surface area contributed by atoms with Gasteiger partial charge in [-0.3, -0.25) is 0 Å². The average molecular weight is 440 g/mol. The Balaban J connectivity index is 0.00000121. The van der Waals surface area contributed by atoms with Gasteiger partial charge in [0.15, 0.2) is 11.6 Å². The number of fused-ring (bicyclic) bond motifs is 1. The first-order chi connectivity index (χ1) is 11.6. The van der Waals surface area contributed by atoms with E-state index in [1.807, 2.05) is 11.4 Å². The number of nitrogens with one attached hydrogen (secondary N) is 1. The van der Waals surface area contributed by atoms with Crippen molar-refractivity contribution in [1.82, 2.24) is 15.3 Å². The number of halogens is 5. The summed E-state index contributed by atoms with van der Waals surface area (Å²) < 4.78 is 29.0. The first kappa shape index (κ1) is 21.1. The van der Waals surface area contributed by atoms with Gasteiger partial charge in [-0.2, -0.15) is 0 Å². The van der Waals surface area contributed by atoms with Crippen LogP contribution in [0.2, 0.25) is 5.02 Å². The highest BCUT2D eigenvalue weighted by Gasteiger charge is 2.20. The van der Waals surface area contributed by atoms with Crippen LogP contribution in [-0.2, 0) is 0 Å². The highest BCUT2D eigenvalue weighted by Crippen LogP contribution is 2.33. The van der Waals surface area contributed by atoms with E-state index in [9.17, 15) is 8.78 Å². The molecule has 1 N–H and O–H groups in total. The maximum Gasteiger partial charge on any atom is 0.165 e. The van der Waals surface area contributed by atoms with E-state index in [0.717, 1.165) is 54.3 Å². The van der Waals surface area contributed by atoms with E-state index in [1.54, 1.807) is 11.3 Å². The number of thiophene rings is 1. The number of aromatic nitrogens is 2. The Hall–Kier alpha value is -1.25. The number of rotatable bonds is 2. The molecule has 3 aromatic rings. The molecule has 0 saturated carbocycles. The van der Waals surface area contributed by atoms with Crippen LogP contribution in [0.25, 0.3) is 21.6 Å². The molecule has 0 aliphatic carbocycles. The lowest BCUT2D eigenvalue weighted by atomic mass is 10.2. The minimum atomic E-state index is -0.689. The molecule has 1 fully saturated rings. The van der Waals surface area contributed by atoms with Gasteiger partial charge in [-0.15, -0.1) is 36.2 Å². The molecule has 0 amide bonds. The van der Waals surface area contributed by atoms with Crippen molar-refractivity contribution < 1.29 is 8.78 Å². The summed E-state index contributed by atoms with van der Waals surface area (Å²) in [5.41, 5.74) is 0.745. The lowest BCUT2D eigenvalue weighted by molar-refractivity contribution is 0.586. The number of piperazine rings is 1. The molecule has 140 valence electrons. The molecule has 1 saturated heterocycles. The number of anilines is 1. The van der Waals surface area contributed by atoms with Crippen molar-refractivity contribution in [3.05, 3.63) is 40.2 Å². The SMILES string of the molecule is Cl.Cl.Fc1cc(-c2nc(N3CCNCC3)c3sccc3n2)c(F)cc1Cl. The zero-order valence-electron chi connectivity index (χ0n) is 13.3. The molecule has 0 bridgehead atoms. The molecule has 3 heterocycles. The van der Waals surface area contributed by atoms with E-state index in [2.05, 4.69) is 20.2 Å². The molecule has 10 heteroatoms. The average Bonchev–Trinajstić information content (AvgIpc) is 3.06. The Morgan fingerprint density at radius 3 is 2.54 bits per heavy atom. The minimum Gasteiger partial charge on any atom is -0.353 e. The van der Waals surface area contributed by atoms with Gasteiger partial charge in [0.25, 0.3) is 0 Å². The van der Waals surface area contributed by atoms with Crippen molar-refractivity contribution in [3.8, 4) is 11.4 Å². The number of hydrogen-bond acceptors (Lipinski definition) is 5. The van der Waals surface area contributed by atoms with E-state index < -0.39 is 11.6 Å². The molecule has 26 heavy (non-hydrogen) atoms. The van der Waals surface area contributed by atoms with Crippen LogP contribution in [0.5, 0.6) is 0 Å². The van der Waals surface area contributed by atoms with Crippen LogP contribution >= 0.6 is 47.8 Å². The van der Waals surface area contributed by atoms with Crippen molar-refractivity contribution in [2.45, 2.75) is 0 Å². The van der Waals surface area contributed by atoms with Crippen LogP contribution in [0.3, 0.4) is 0 Å². The molecule has 1 aliphatic rings. The summed E-state index contributed by atoms with van der Waals surface area (Å²) >= 11 is 7.18. The van der Waals surface area contributed by atoms with E-state index in [-0.39, 0.29) is 41.2 Å². The molecule has 2 aromatic heterocycles. The van der Waals surface area contributed by atoms with E-state index in [4.69, 9.17) is 11.6 Å². The molecule has 0 spiro atoms. The third-order valence-electron chi connectivity index (χ3n) is 3.95. The van der Waals surface area contributed by atoms with E-state index in [1.165, 1.54) is 0 Å². The van der Waals surface area contributed by atoms with Crippen LogP contribution in [-0.4, -0.2) is 36.1 Å². The van der Waals surface area contributed by atoms with Gasteiger partial charge in [-0.1, -0.05) is 11.6 Å². The summed E-state index contributed by atoms with van der Waals surface area (Å²) in [6, 6.07) is 3.87. The third kappa shape index (κ3) is 3.87. The van der Waals surface area contributed by atoms with Crippen LogP contribution in [0.1, 0.15) is 0 Å². The Labute approximate surface area is 170 Å². The minimum absolute atomic E-state index is 0. The normalized spacial score (nSPS) is 14.0. The van der Waals surface area contributed by atoms with Gasteiger partial charge in [0.1, 0.15) is 11.6 Å². The fourth-order valence-electron chi connectivity index (χ4n) is 2.75. The van der Waals surface area contributed by atoms with Gasteiger partial charge in [0, 0.05) is 26.2 Å². The molecular formula is C16H15Cl3F2N4S. The quantitative estimate of drug-likeness (QED) is 0.595. The summed E-state index contributed by atoms with van der Waals surface area (Å²) in [4.78, 5) is 11.1. The predicted octanol–water partition coefficient (Wildman–Crippen LogP) is 4.54. The Morgan fingerprint density at radius 2 is 1.81 bits per heavy atom. The van der Waals surface area contributed by atoms with Crippen molar-refractivity contribution >= 4 is 63.8 Å². The van der Waals surface area contributed by atoms with Crippen molar-refractivity contribution in [2.24, 2.45) is 0 Å². The fourth-order valence-corrected chi connectivity index (χ4v) is 3.75. The summed E-state index contributed by atoms with van der Waals surface area (Å²) in [6.45, 7) is 3.33. The third-order valence-corrected chi connectivity index (χ3v) is 5.14. The van der Waals surface area contributed by atoms with Crippen molar-refractivity contribution in [3.63, 3.8) is 0 Å². The maximum atomic E-state index is 14.3. The smallest absolute Gasteiger partial charge is 0.165 e. The van der Waals surface area contributed by atoms with Crippen LogP contribution in [0.15, 0.2) is 23.6 Å². The van der Waals surface area contributed by atoms with Crippen molar-refractivity contribution in [2.75, 3.05) is 31.1 Å². The second kappa shape index (κ2) is 8.63. The molecule has 1 aliphatic heterocycles. The maximum absolute atomic E-state index is 14.3. The lowest BCUT2D eigenvalue weighted by Crippen LogP contribution is -2.44. The highest BCUT2D eigenvalue weighted by atomic mass is 35.5. The Morgan fingerprint density at radius 1 is 1.08 bits per heavy atom. The highest BCUT2D eigenvalue weighted by molar-refractivity contribution is 7.17. The molecule has 4 nitrogen and oxygen atoms in total. The van der Waals surface area contributed by atoms with E-state index in [0.29, 0.717) is 0 Å². The fraction of sp³-hybridized carbons (Fsp3) is 0.250. The summed E-state index contributed by atoms with van der Waals surface area (Å²) in [5.74, 6) is -0.392. The van der Waals surface area contributed by atoms with Gasteiger partial charge >= 0.3 is 0 Å². The summed E-state index contributed by atoms with van der Waals surface area (Å²) in [6.07, 6.45) is 0. The molecular weight excluding hydrogens is 425 g/mol. The summed E-state index contributed by atoms with van der Waals surface area (Å²) in [7, 11) is 0. The molecule has 0 unspecified atom stereocenters. The Kier molecular flexibility index (Phi) is 6.99. The Bertz CT molecular complexity index is 916. The second-order valence-electron chi connectivity index (χ2n) is 5.49. The molecule has 1 aromatic carbocycles. The first-order valence-corrected chi connectivity index (χ1v) is 8.75. The lowest BCUT2D eigenvalue weighted by Gasteiger charge is -2.29. The number of benzene rings is 1. The standard InChI is InChI=1S/C16H13ClF2N4S.2ClH/c17-10-8-11(18)9(7-12(10)19)15-21-13-1-6-24-14(13)16(22-15)23-4-2-20-3-5-23;;/h1,6-8,20H,2-5H2;2*1H. The summed E-state index contributed by atoms with van der Waals surface area (Å²) in [5, 5.41) is 4.96. The van der Waals surface area contributed by atoms with Gasteiger partial charge < -0.3 is 10.2 Å². The van der Waals surface area contributed by atoms with Crippen molar-refractivity contribution in [1.29, 1.82) is 0 Å². The topological polar surface area (TPSA) is 41.1 Å². The van der Waals surface area contributed by atoms with Gasteiger partial charge in [-0.25, -0.2) is 18.7 Å². The first-order valence-electron chi connectivity index (χ1n) is 7.49. The zero-order valence-corrected chi connectivity index (χ0v) is 16.5. The van der Waals surface area contributed by atoms with Gasteiger partial charge in [0.2, 0.25) is 0 Å². The van der Waals surface area contributed by atoms with Crippen LogP contribution in [0.4, 0.5) is 14.6 Å². The number of hydrogen-bond donors (Lipinski definition) is 1. The second-order valence-corrected chi connectivity index (χ2v) is 6.81. The van der Waals surface area contributed by atoms with Gasteiger partial charge in [0.05, 0.1) is 20.8 Å². The zero-order chi connectivity index (χ0) is 16.7. The van der Waals surface area contributed by atoms with Crippen LogP contribution in [0, 0.1) is 11.6 Å². The predicted molar refractivity (Wildman–Crippen MR) is 107 cm³/mol.